The number of methoxy groups -OCH3 is 1. The molecule has 0 spiro atoms. The van der Waals surface area contributed by atoms with E-state index in [4.69, 9.17) is 10.5 Å². The van der Waals surface area contributed by atoms with Crippen molar-refractivity contribution in [1.82, 2.24) is 5.32 Å². The average molecular weight is 316 g/mol. The van der Waals surface area contributed by atoms with E-state index in [9.17, 15) is 9.18 Å². The molecule has 0 aliphatic heterocycles. The first-order valence-electron chi connectivity index (χ1n) is 7.41. The van der Waals surface area contributed by atoms with E-state index in [0.717, 1.165) is 11.3 Å². The quantitative estimate of drug-likeness (QED) is 0.860. The van der Waals surface area contributed by atoms with E-state index >= 15 is 0 Å². The number of ether oxygens (including phenoxy) is 1. The highest BCUT2D eigenvalue weighted by molar-refractivity contribution is 5.81. The van der Waals surface area contributed by atoms with Crippen molar-refractivity contribution in [3.63, 3.8) is 0 Å². The molecule has 0 heterocycles. The Bertz CT molecular complexity index is 688. The molecule has 1 amide bonds. The first-order chi connectivity index (χ1) is 11.0. The Hall–Kier alpha value is -2.40. The Balaban J connectivity index is 1.90. The van der Waals surface area contributed by atoms with Gasteiger partial charge in [0.05, 0.1) is 13.2 Å². The van der Waals surface area contributed by atoms with Crippen LogP contribution in [0.15, 0.2) is 42.5 Å². The molecular formula is C18H21FN2O2. The van der Waals surface area contributed by atoms with Crippen molar-refractivity contribution in [3.05, 3.63) is 65.0 Å². The second-order valence-electron chi connectivity index (χ2n) is 5.46. The van der Waals surface area contributed by atoms with Crippen molar-refractivity contribution in [1.29, 1.82) is 0 Å². The van der Waals surface area contributed by atoms with Crippen LogP contribution >= 0.6 is 0 Å². The van der Waals surface area contributed by atoms with E-state index in [0.29, 0.717) is 17.5 Å². The molecule has 23 heavy (non-hydrogen) atoms. The minimum atomic E-state index is -0.669. The number of amides is 1. The minimum Gasteiger partial charge on any atom is -0.497 e. The Morgan fingerprint density at radius 2 is 2.04 bits per heavy atom. The van der Waals surface area contributed by atoms with Crippen LogP contribution in [0, 0.1) is 12.7 Å². The SMILES string of the molecule is COc1cccc(CC(N)C(=O)NCc2ccc(C)c(F)c2)c1. The summed E-state index contributed by atoms with van der Waals surface area (Å²) in [5.74, 6) is 0.177. The van der Waals surface area contributed by atoms with Crippen molar-refractivity contribution < 1.29 is 13.9 Å². The number of nitrogens with one attached hydrogen (secondary N) is 1. The van der Waals surface area contributed by atoms with Gasteiger partial charge in [-0.25, -0.2) is 4.39 Å². The van der Waals surface area contributed by atoms with E-state index in [1.165, 1.54) is 6.07 Å². The first kappa shape index (κ1) is 17.0. The van der Waals surface area contributed by atoms with Crippen molar-refractivity contribution in [2.75, 3.05) is 7.11 Å². The lowest BCUT2D eigenvalue weighted by Gasteiger charge is -2.13. The monoisotopic (exact) mass is 316 g/mol. The number of benzene rings is 2. The van der Waals surface area contributed by atoms with Crippen molar-refractivity contribution in [2.24, 2.45) is 5.73 Å². The molecule has 0 aliphatic carbocycles. The van der Waals surface area contributed by atoms with Gasteiger partial charge in [0.25, 0.3) is 0 Å². The third-order valence-corrected chi connectivity index (χ3v) is 3.63. The zero-order chi connectivity index (χ0) is 16.8. The lowest BCUT2D eigenvalue weighted by molar-refractivity contribution is -0.122. The molecule has 0 radical (unpaired) electrons. The largest absolute Gasteiger partial charge is 0.497 e. The van der Waals surface area contributed by atoms with Gasteiger partial charge in [0.1, 0.15) is 11.6 Å². The van der Waals surface area contributed by atoms with Crippen LogP contribution in [0.2, 0.25) is 0 Å². The molecule has 0 saturated carbocycles. The number of hydrogen-bond acceptors (Lipinski definition) is 3. The maximum absolute atomic E-state index is 13.5. The van der Waals surface area contributed by atoms with E-state index in [2.05, 4.69) is 5.32 Å². The van der Waals surface area contributed by atoms with Crippen LogP contribution in [0.25, 0.3) is 0 Å². The fraction of sp³-hybridized carbons (Fsp3) is 0.278. The zero-order valence-corrected chi connectivity index (χ0v) is 13.3. The second kappa shape index (κ2) is 7.74. The molecule has 2 aromatic carbocycles. The smallest absolute Gasteiger partial charge is 0.237 e. The van der Waals surface area contributed by atoms with Gasteiger partial charge < -0.3 is 15.8 Å². The van der Waals surface area contributed by atoms with Gasteiger partial charge in [0.2, 0.25) is 5.91 Å². The molecule has 2 rings (SSSR count). The van der Waals surface area contributed by atoms with Crippen LogP contribution in [0.4, 0.5) is 4.39 Å². The summed E-state index contributed by atoms with van der Waals surface area (Å²) in [6, 6.07) is 11.7. The van der Waals surface area contributed by atoms with Crippen molar-refractivity contribution >= 4 is 5.91 Å². The van der Waals surface area contributed by atoms with Gasteiger partial charge >= 0.3 is 0 Å². The maximum atomic E-state index is 13.5. The third kappa shape index (κ3) is 4.79. The molecule has 0 aliphatic rings. The van der Waals surface area contributed by atoms with Gasteiger partial charge in [-0.3, -0.25) is 4.79 Å². The molecule has 0 aromatic heterocycles. The number of carbonyl (C=O) groups excluding carboxylic acids is 1. The lowest BCUT2D eigenvalue weighted by atomic mass is 10.1. The lowest BCUT2D eigenvalue weighted by Crippen LogP contribution is -2.41. The van der Waals surface area contributed by atoms with E-state index in [1.807, 2.05) is 24.3 Å². The van der Waals surface area contributed by atoms with E-state index in [1.54, 1.807) is 26.2 Å². The molecule has 1 unspecified atom stereocenters. The maximum Gasteiger partial charge on any atom is 0.237 e. The summed E-state index contributed by atoms with van der Waals surface area (Å²) in [5.41, 5.74) is 8.14. The van der Waals surface area contributed by atoms with Gasteiger partial charge in [0.15, 0.2) is 0 Å². The number of aryl methyl sites for hydroxylation is 1. The summed E-state index contributed by atoms with van der Waals surface area (Å²) >= 11 is 0. The Morgan fingerprint density at radius 3 is 2.74 bits per heavy atom. The van der Waals surface area contributed by atoms with Crippen molar-refractivity contribution in [2.45, 2.75) is 25.9 Å². The Kier molecular flexibility index (Phi) is 5.71. The van der Waals surface area contributed by atoms with Gasteiger partial charge in [-0.2, -0.15) is 0 Å². The molecular weight excluding hydrogens is 295 g/mol. The van der Waals surface area contributed by atoms with Gasteiger partial charge in [-0.15, -0.1) is 0 Å². The minimum absolute atomic E-state index is 0.252. The average Bonchev–Trinajstić information content (AvgIpc) is 2.55. The summed E-state index contributed by atoms with van der Waals surface area (Å²) in [6.45, 7) is 1.95. The fourth-order valence-corrected chi connectivity index (χ4v) is 2.21. The summed E-state index contributed by atoms with van der Waals surface area (Å²) in [6.07, 6.45) is 0.408. The highest BCUT2D eigenvalue weighted by Crippen LogP contribution is 2.14. The zero-order valence-electron chi connectivity index (χ0n) is 13.3. The Morgan fingerprint density at radius 1 is 1.26 bits per heavy atom. The normalized spacial score (nSPS) is 11.8. The summed E-state index contributed by atoms with van der Waals surface area (Å²) in [7, 11) is 1.59. The molecule has 2 aromatic rings. The predicted molar refractivity (Wildman–Crippen MR) is 87.7 cm³/mol. The Labute approximate surface area is 135 Å². The van der Waals surface area contributed by atoms with Crippen LogP contribution in [0.1, 0.15) is 16.7 Å². The predicted octanol–water partition coefficient (Wildman–Crippen LogP) is 2.33. The van der Waals surface area contributed by atoms with Crippen LogP contribution in [-0.2, 0) is 17.8 Å². The second-order valence-corrected chi connectivity index (χ2v) is 5.46. The highest BCUT2D eigenvalue weighted by Gasteiger charge is 2.14. The summed E-state index contributed by atoms with van der Waals surface area (Å²) in [4.78, 5) is 12.1. The van der Waals surface area contributed by atoms with E-state index in [-0.39, 0.29) is 18.3 Å². The third-order valence-electron chi connectivity index (χ3n) is 3.63. The van der Waals surface area contributed by atoms with Crippen molar-refractivity contribution in [3.8, 4) is 5.75 Å². The molecule has 5 heteroatoms. The van der Waals surface area contributed by atoms with Crippen LogP contribution in [0.3, 0.4) is 0 Å². The molecule has 0 fully saturated rings. The van der Waals surface area contributed by atoms with Crippen LogP contribution in [0.5, 0.6) is 5.75 Å². The summed E-state index contributed by atoms with van der Waals surface area (Å²) < 4.78 is 18.6. The molecule has 1 atom stereocenters. The van der Waals surface area contributed by atoms with Crippen LogP contribution < -0.4 is 15.8 Å². The number of carbonyl (C=O) groups is 1. The standard InChI is InChI=1S/C18H21FN2O2/c1-12-6-7-14(9-16(12)19)11-21-18(22)17(20)10-13-4-3-5-15(8-13)23-2/h3-9,17H,10-11,20H2,1-2H3,(H,21,22). The first-order valence-corrected chi connectivity index (χ1v) is 7.41. The molecule has 3 N–H and O–H groups in total. The highest BCUT2D eigenvalue weighted by atomic mass is 19.1. The molecule has 0 saturated heterocycles. The van der Waals surface area contributed by atoms with Gasteiger partial charge in [0, 0.05) is 6.54 Å². The van der Waals surface area contributed by atoms with Gasteiger partial charge in [-0.1, -0.05) is 24.3 Å². The topological polar surface area (TPSA) is 64.3 Å². The number of nitrogens with two attached hydrogens (primary N) is 1. The van der Waals surface area contributed by atoms with Gasteiger partial charge in [-0.05, 0) is 48.2 Å². The summed E-state index contributed by atoms with van der Waals surface area (Å²) in [5, 5.41) is 2.73. The van der Waals surface area contributed by atoms with E-state index < -0.39 is 6.04 Å². The molecule has 4 nitrogen and oxygen atoms in total. The molecule has 0 bridgehead atoms. The number of hydrogen-bond donors (Lipinski definition) is 2. The number of rotatable bonds is 6. The fourth-order valence-electron chi connectivity index (χ4n) is 2.21. The number of halogens is 1. The van der Waals surface area contributed by atoms with Crippen LogP contribution in [-0.4, -0.2) is 19.1 Å². The molecule has 122 valence electrons.